The highest BCUT2D eigenvalue weighted by atomic mass is 16.3. The van der Waals surface area contributed by atoms with Crippen molar-refractivity contribution in [2.45, 2.75) is 63.9 Å². The van der Waals surface area contributed by atoms with Gasteiger partial charge in [0.1, 0.15) is 5.60 Å². The highest BCUT2D eigenvalue weighted by Gasteiger charge is 2.35. The number of carbonyl (C=O) groups excluding carboxylic acids is 1. The van der Waals surface area contributed by atoms with Gasteiger partial charge in [-0.3, -0.25) is 4.79 Å². The predicted octanol–water partition coefficient (Wildman–Crippen LogP) is 3.45. The summed E-state index contributed by atoms with van der Waals surface area (Å²) in [7, 11) is 0. The van der Waals surface area contributed by atoms with Crippen LogP contribution in [-0.4, -0.2) is 16.5 Å². The van der Waals surface area contributed by atoms with E-state index in [0.717, 1.165) is 37.7 Å². The number of hydrogen-bond acceptors (Lipinski definition) is 2. The minimum atomic E-state index is -1.07. The first-order chi connectivity index (χ1) is 9.14. The highest BCUT2D eigenvalue weighted by Crippen LogP contribution is 2.28. The van der Waals surface area contributed by atoms with Gasteiger partial charge < -0.3 is 5.11 Å². The molecule has 1 aliphatic carbocycles. The third kappa shape index (κ3) is 3.66. The smallest absolute Gasteiger partial charge is 0.168 e. The van der Waals surface area contributed by atoms with E-state index in [0.29, 0.717) is 19.3 Å². The molecule has 19 heavy (non-hydrogen) atoms. The molecular weight excluding hydrogens is 236 g/mol. The van der Waals surface area contributed by atoms with Crippen molar-refractivity contribution in [1.29, 1.82) is 0 Å². The lowest BCUT2D eigenvalue weighted by atomic mass is 9.86. The van der Waals surface area contributed by atoms with Gasteiger partial charge in [0, 0.05) is 6.42 Å². The Morgan fingerprint density at radius 3 is 2.11 bits per heavy atom. The summed E-state index contributed by atoms with van der Waals surface area (Å²) < 4.78 is 0. The maximum Gasteiger partial charge on any atom is 0.168 e. The minimum Gasteiger partial charge on any atom is -0.382 e. The maximum absolute atomic E-state index is 12.3. The summed E-state index contributed by atoms with van der Waals surface area (Å²) in [5.41, 5.74) is 1.23. The van der Waals surface area contributed by atoms with Crippen LogP contribution in [0.15, 0.2) is 24.3 Å². The first-order valence-corrected chi connectivity index (χ1v) is 7.47. The third-order valence-electron chi connectivity index (χ3n) is 4.25. The lowest BCUT2D eigenvalue weighted by Crippen LogP contribution is -2.39. The van der Waals surface area contributed by atoms with Crippen LogP contribution in [0.5, 0.6) is 0 Å². The standard InChI is InChI=1S/C17H24O2/c1-2-14-7-9-15(10-8-14)13-16(18)17(19)11-5-3-4-6-12-17/h7-10,19H,2-6,11-13H2,1H3. The van der Waals surface area contributed by atoms with Crippen LogP contribution in [0.3, 0.4) is 0 Å². The largest absolute Gasteiger partial charge is 0.382 e. The molecule has 1 N–H and O–H groups in total. The first-order valence-electron chi connectivity index (χ1n) is 7.47. The molecule has 0 unspecified atom stereocenters. The second-order valence-electron chi connectivity index (χ2n) is 5.72. The molecule has 0 radical (unpaired) electrons. The summed E-state index contributed by atoms with van der Waals surface area (Å²) in [5.74, 6) is -0.00125. The van der Waals surface area contributed by atoms with E-state index in [1.165, 1.54) is 5.56 Å². The molecule has 2 rings (SSSR count). The summed E-state index contributed by atoms with van der Waals surface area (Å²) >= 11 is 0. The van der Waals surface area contributed by atoms with Gasteiger partial charge in [-0.25, -0.2) is 0 Å². The highest BCUT2D eigenvalue weighted by molar-refractivity contribution is 5.88. The Morgan fingerprint density at radius 2 is 1.58 bits per heavy atom. The monoisotopic (exact) mass is 260 g/mol. The SMILES string of the molecule is CCc1ccc(CC(=O)C2(O)CCCCCC2)cc1. The molecule has 1 aromatic carbocycles. The van der Waals surface area contributed by atoms with Crippen LogP contribution < -0.4 is 0 Å². The Kier molecular flexibility index (Phi) is 4.76. The van der Waals surface area contributed by atoms with Crippen molar-refractivity contribution in [3.05, 3.63) is 35.4 Å². The van der Waals surface area contributed by atoms with E-state index in [1.54, 1.807) is 0 Å². The van der Waals surface area contributed by atoms with Gasteiger partial charge in [-0.05, 0) is 30.4 Å². The van der Waals surface area contributed by atoms with Crippen molar-refractivity contribution in [1.82, 2.24) is 0 Å². The van der Waals surface area contributed by atoms with Crippen molar-refractivity contribution < 1.29 is 9.90 Å². The summed E-state index contributed by atoms with van der Waals surface area (Å²) in [6.07, 6.45) is 6.87. The van der Waals surface area contributed by atoms with Gasteiger partial charge in [-0.1, -0.05) is 56.9 Å². The van der Waals surface area contributed by atoms with Crippen LogP contribution in [0.1, 0.15) is 56.6 Å². The van der Waals surface area contributed by atoms with Crippen LogP contribution in [0.2, 0.25) is 0 Å². The summed E-state index contributed by atoms with van der Waals surface area (Å²) in [5, 5.41) is 10.5. The van der Waals surface area contributed by atoms with Crippen molar-refractivity contribution in [2.75, 3.05) is 0 Å². The van der Waals surface area contributed by atoms with Crippen molar-refractivity contribution in [2.24, 2.45) is 0 Å². The number of benzene rings is 1. The normalized spacial score (nSPS) is 18.8. The molecule has 0 aromatic heterocycles. The Morgan fingerprint density at radius 1 is 1.05 bits per heavy atom. The van der Waals surface area contributed by atoms with E-state index in [2.05, 4.69) is 19.1 Å². The van der Waals surface area contributed by atoms with Crippen molar-refractivity contribution >= 4 is 5.78 Å². The van der Waals surface area contributed by atoms with E-state index in [4.69, 9.17) is 0 Å². The molecule has 2 heteroatoms. The quantitative estimate of drug-likeness (QED) is 0.842. The van der Waals surface area contributed by atoms with Gasteiger partial charge in [-0.15, -0.1) is 0 Å². The van der Waals surface area contributed by atoms with Crippen LogP contribution in [0, 0.1) is 0 Å². The molecule has 0 saturated heterocycles. The number of carbonyl (C=O) groups is 1. The molecule has 0 heterocycles. The number of aliphatic hydroxyl groups is 1. The van der Waals surface area contributed by atoms with Gasteiger partial charge in [0.2, 0.25) is 0 Å². The maximum atomic E-state index is 12.3. The van der Waals surface area contributed by atoms with Gasteiger partial charge in [0.05, 0.1) is 0 Å². The molecule has 104 valence electrons. The zero-order valence-corrected chi connectivity index (χ0v) is 11.8. The van der Waals surface area contributed by atoms with Gasteiger partial charge >= 0.3 is 0 Å². The Balaban J connectivity index is 2.02. The average molecular weight is 260 g/mol. The van der Waals surface area contributed by atoms with Gasteiger partial charge in [0.25, 0.3) is 0 Å². The first kappa shape index (κ1) is 14.3. The number of ketones is 1. The Hall–Kier alpha value is -1.15. The Bertz CT molecular complexity index is 411. The third-order valence-corrected chi connectivity index (χ3v) is 4.25. The molecule has 0 amide bonds. The lowest BCUT2D eigenvalue weighted by Gasteiger charge is -2.25. The topological polar surface area (TPSA) is 37.3 Å². The fraction of sp³-hybridized carbons (Fsp3) is 0.588. The average Bonchev–Trinajstić information content (AvgIpc) is 2.65. The molecule has 0 spiro atoms. The van der Waals surface area contributed by atoms with Crippen LogP contribution in [-0.2, 0) is 17.6 Å². The van der Waals surface area contributed by atoms with E-state index >= 15 is 0 Å². The van der Waals surface area contributed by atoms with Crippen LogP contribution in [0.4, 0.5) is 0 Å². The number of aryl methyl sites for hydroxylation is 1. The van der Waals surface area contributed by atoms with Crippen LogP contribution in [0.25, 0.3) is 0 Å². The minimum absolute atomic E-state index is 0.00125. The number of Topliss-reactive ketones (excluding diaryl/α,β-unsaturated/α-hetero) is 1. The van der Waals surface area contributed by atoms with E-state index in [-0.39, 0.29) is 5.78 Å². The van der Waals surface area contributed by atoms with Gasteiger partial charge in [-0.2, -0.15) is 0 Å². The lowest BCUT2D eigenvalue weighted by molar-refractivity contribution is -0.138. The zero-order valence-electron chi connectivity index (χ0n) is 11.8. The summed E-state index contributed by atoms with van der Waals surface area (Å²) in [4.78, 5) is 12.3. The summed E-state index contributed by atoms with van der Waals surface area (Å²) in [6, 6.07) is 8.16. The molecule has 2 nitrogen and oxygen atoms in total. The molecule has 1 aliphatic rings. The van der Waals surface area contributed by atoms with Gasteiger partial charge in [0.15, 0.2) is 5.78 Å². The molecular formula is C17H24O2. The zero-order chi connectivity index (χ0) is 13.7. The molecule has 0 bridgehead atoms. The van der Waals surface area contributed by atoms with Crippen LogP contribution >= 0.6 is 0 Å². The second-order valence-corrected chi connectivity index (χ2v) is 5.72. The predicted molar refractivity (Wildman–Crippen MR) is 77.2 cm³/mol. The molecule has 1 fully saturated rings. The fourth-order valence-corrected chi connectivity index (χ4v) is 2.84. The molecule has 1 saturated carbocycles. The van der Waals surface area contributed by atoms with E-state index < -0.39 is 5.60 Å². The fourth-order valence-electron chi connectivity index (χ4n) is 2.84. The number of hydrogen-bond donors (Lipinski definition) is 1. The molecule has 0 aliphatic heterocycles. The van der Waals surface area contributed by atoms with E-state index in [9.17, 15) is 9.90 Å². The Labute approximate surface area is 115 Å². The molecule has 0 atom stereocenters. The van der Waals surface area contributed by atoms with Crippen molar-refractivity contribution in [3.8, 4) is 0 Å². The van der Waals surface area contributed by atoms with Crippen molar-refractivity contribution in [3.63, 3.8) is 0 Å². The number of rotatable bonds is 4. The summed E-state index contributed by atoms with van der Waals surface area (Å²) in [6.45, 7) is 2.12. The molecule has 1 aromatic rings. The van der Waals surface area contributed by atoms with E-state index in [1.807, 2.05) is 12.1 Å². The second kappa shape index (κ2) is 6.33.